The van der Waals surface area contributed by atoms with Crippen LogP contribution in [0.5, 0.6) is 0 Å². The minimum absolute atomic E-state index is 0.124. The molecule has 1 fully saturated rings. The van der Waals surface area contributed by atoms with Crippen LogP contribution in [0.25, 0.3) is 0 Å². The summed E-state index contributed by atoms with van der Waals surface area (Å²) in [5.74, 6) is -0.124. The van der Waals surface area contributed by atoms with E-state index in [0.717, 1.165) is 18.8 Å². The third-order valence-corrected chi connectivity index (χ3v) is 5.87. The summed E-state index contributed by atoms with van der Waals surface area (Å²) in [4.78, 5) is 13.8. The quantitative estimate of drug-likeness (QED) is 0.854. The van der Waals surface area contributed by atoms with E-state index >= 15 is 0 Å². The van der Waals surface area contributed by atoms with Crippen molar-refractivity contribution in [1.82, 2.24) is 0 Å². The Labute approximate surface area is 152 Å². The summed E-state index contributed by atoms with van der Waals surface area (Å²) in [5.41, 5.74) is 2.82. The number of anilines is 3. The molecule has 2 aromatic carbocycles. The lowest BCUT2D eigenvalue weighted by molar-refractivity contribution is -0.115. The van der Waals surface area contributed by atoms with E-state index in [2.05, 4.69) is 14.9 Å². The van der Waals surface area contributed by atoms with E-state index in [-0.39, 0.29) is 17.2 Å². The Morgan fingerprint density at radius 3 is 2.69 bits per heavy atom. The van der Waals surface area contributed by atoms with E-state index in [9.17, 15) is 13.2 Å². The highest BCUT2D eigenvalue weighted by atomic mass is 32.2. The number of benzene rings is 2. The minimum Gasteiger partial charge on any atom is -0.378 e. The zero-order valence-corrected chi connectivity index (χ0v) is 14.9. The first-order valence-corrected chi connectivity index (χ1v) is 9.88. The van der Waals surface area contributed by atoms with Gasteiger partial charge in [-0.05, 0) is 42.0 Å². The largest absolute Gasteiger partial charge is 0.378 e. The number of carbonyl (C=O) groups is 1. The molecule has 0 aromatic heterocycles. The smallest absolute Gasteiger partial charge is 0.261 e. The van der Waals surface area contributed by atoms with E-state index < -0.39 is 10.0 Å². The number of morpholine rings is 1. The molecule has 2 aromatic rings. The summed E-state index contributed by atoms with van der Waals surface area (Å²) in [5, 5.41) is 2.70. The maximum atomic E-state index is 12.7. The molecule has 0 radical (unpaired) electrons. The summed E-state index contributed by atoms with van der Waals surface area (Å²) in [6, 6.07) is 12.0. The van der Waals surface area contributed by atoms with Gasteiger partial charge in [0.2, 0.25) is 5.91 Å². The van der Waals surface area contributed by atoms with Crippen LogP contribution in [-0.4, -0.2) is 40.6 Å². The lowest BCUT2D eigenvalue weighted by Crippen LogP contribution is -2.36. The van der Waals surface area contributed by atoms with Gasteiger partial charge in [0.25, 0.3) is 10.0 Å². The zero-order valence-electron chi connectivity index (χ0n) is 14.1. The number of carbonyl (C=O) groups excluding carboxylic acids is 1. The predicted molar refractivity (Wildman–Crippen MR) is 99.1 cm³/mol. The molecule has 0 aliphatic carbocycles. The number of hydrogen-bond donors (Lipinski definition) is 2. The Morgan fingerprint density at radius 2 is 1.88 bits per heavy atom. The molecule has 1 saturated heterocycles. The molecular weight excluding hydrogens is 354 g/mol. The van der Waals surface area contributed by atoms with Crippen LogP contribution in [0.2, 0.25) is 0 Å². The zero-order chi connectivity index (χ0) is 18.1. The van der Waals surface area contributed by atoms with Crippen molar-refractivity contribution in [3.63, 3.8) is 0 Å². The lowest BCUT2D eigenvalue weighted by atomic mass is 10.2. The van der Waals surface area contributed by atoms with Gasteiger partial charge in [0.1, 0.15) is 0 Å². The number of hydrogen-bond acceptors (Lipinski definition) is 5. The Balaban J connectivity index is 1.56. The molecule has 26 heavy (non-hydrogen) atoms. The monoisotopic (exact) mass is 373 g/mol. The molecule has 2 aliphatic heterocycles. The SMILES string of the molecule is O=C1Cc2cc(S(=O)(=O)Nc3cccc(N4CCOCC4)c3)ccc2N1. The molecule has 7 nitrogen and oxygen atoms in total. The van der Waals surface area contributed by atoms with Crippen LogP contribution in [-0.2, 0) is 26.0 Å². The summed E-state index contributed by atoms with van der Waals surface area (Å²) >= 11 is 0. The van der Waals surface area contributed by atoms with Crippen LogP contribution in [0, 0.1) is 0 Å². The van der Waals surface area contributed by atoms with Crippen LogP contribution in [0.1, 0.15) is 5.56 Å². The van der Waals surface area contributed by atoms with Gasteiger partial charge in [0.15, 0.2) is 0 Å². The molecule has 136 valence electrons. The first-order chi connectivity index (χ1) is 12.5. The number of ether oxygens (including phenoxy) is 1. The van der Waals surface area contributed by atoms with Crippen LogP contribution < -0.4 is 14.9 Å². The van der Waals surface area contributed by atoms with Crippen LogP contribution >= 0.6 is 0 Å². The van der Waals surface area contributed by atoms with Crippen molar-refractivity contribution in [3.05, 3.63) is 48.0 Å². The second-order valence-corrected chi connectivity index (χ2v) is 7.98. The number of nitrogens with zero attached hydrogens (tertiary/aromatic N) is 1. The van der Waals surface area contributed by atoms with Gasteiger partial charge in [0, 0.05) is 24.5 Å². The fraction of sp³-hybridized carbons (Fsp3) is 0.278. The fourth-order valence-electron chi connectivity index (χ4n) is 3.17. The van der Waals surface area contributed by atoms with Gasteiger partial charge in [0.05, 0.1) is 30.2 Å². The highest BCUT2D eigenvalue weighted by Gasteiger charge is 2.22. The molecule has 2 heterocycles. The summed E-state index contributed by atoms with van der Waals surface area (Å²) in [6.45, 7) is 2.89. The Morgan fingerprint density at radius 1 is 1.08 bits per heavy atom. The lowest BCUT2D eigenvalue weighted by Gasteiger charge is -2.29. The van der Waals surface area contributed by atoms with Crippen molar-refractivity contribution in [2.75, 3.05) is 41.2 Å². The number of sulfonamides is 1. The van der Waals surface area contributed by atoms with Gasteiger partial charge in [-0.3, -0.25) is 9.52 Å². The number of nitrogens with one attached hydrogen (secondary N) is 2. The van der Waals surface area contributed by atoms with Crippen LogP contribution in [0.15, 0.2) is 47.4 Å². The van der Waals surface area contributed by atoms with E-state index in [1.54, 1.807) is 18.2 Å². The minimum atomic E-state index is -3.73. The second-order valence-electron chi connectivity index (χ2n) is 6.30. The second kappa shape index (κ2) is 6.62. The number of rotatable bonds is 4. The highest BCUT2D eigenvalue weighted by molar-refractivity contribution is 7.92. The van der Waals surface area contributed by atoms with Gasteiger partial charge < -0.3 is 15.0 Å². The van der Waals surface area contributed by atoms with Crippen molar-refractivity contribution in [3.8, 4) is 0 Å². The molecule has 0 bridgehead atoms. The summed E-state index contributed by atoms with van der Waals surface area (Å²) in [6.07, 6.45) is 0.200. The van der Waals surface area contributed by atoms with Crippen molar-refractivity contribution in [1.29, 1.82) is 0 Å². The molecule has 2 aliphatic rings. The third kappa shape index (κ3) is 3.38. The van der Waals surface area contributed by atoms with E-state index in [1.807, 2.05) is 18.2 Å². The fourth-order valence-corrected chi connectivity index (χ4v) is 4.27. The molecule has 2 N–H and O–H groups in total. The normalized spacial score (nSPS) is 16.9. The average molecular weight is 373 g/mol. The van der Waals surface area contributed by atoms with Crippen molar-refractivity contribution < 1.29 is 17.9 Å². The van der Waals surface area contributed by atoms with Crippen molar-refractivity contribution in [2.45, 2.75) is 11.3 Å². The first kappa shape index (κ1) is 16.9. The Hall–Kier alpha value is -2.58. The summed E-state index contributed by atoms with van der Waals surface area (Å²) < 4.78 is 33.4. The predicted octanol–water partition coefficient (Wildman–Crippen LogP) is 1.82. The Kier molecular flexibility index (Phi) is 4.29. The third-order valence-electron chi connectivity index (χ3n) is 4.49. The van der Waals surface area contributed by atoms with E-state index in [4.69, 9.17) is 4.74 Å². The summed E-state index contributed by atoms with van der Waals surface area (Å²) in [7, 11) is -3.73. The van der Waals surface area contributed by atoms with Crippen LogP contribution in [0.4, 0.5) is 17.1 Å². The molecule has 4 rings (SSSR count). The molecule has 0 unspecified atom stereocenters. The first-order valence-electron chi connectivity index (χ1n) is 8.40. The highest BCUT2D eigenvalue weighted by Crippen LogP contribution is 2.27. The molecule has 0 atom stereocenters. The number of amides is 1. The van der Waals surface area contributed by atoms with Gasteiger partial charge >= 0.3 is 0 Å². The van der Waals surface area contributed by atoms with Gasteiger partial charge in [-0.15, -0.1) is 0 Å². The van der Waals surface area contributed by atoms with Gasteiger partial charge in [-0.2, -0.15) is 0 Å². The van der Waals surface area contributed by atoms with Crippen molar-refractivity contribution in [2.24, 2.45) is 0 Å². The standard InChI is InChI=1S/C18H19N3O4S/c22-18-11-13-10-16(4-5-17(13)19-18)26(23,24)20-14-2-1-3-15(12-14)21-6-8-25-9-7-21/h1-5,10,12,20H,6-9,11H2,(H,19,22). The van der Waals surface area contributed by atoms with E-state index in [1.165, 1.54) is 6.07 Å². The molecule has 0 saturated carbocycles. The van der Waals surface area contributed by atoms with Crippen LogP contribution in [0.3, 0.4) is 0 Å². The number of fused-ring (bicyclic) bond motifs is 1. The Bertz CT molecular complexity index is 953. The topological polar surface area (TPSA) is 87.7 Å². The maximum absolute atomic E-state index is 12.7. The molecule has 0 spiro atoms. The average Bonchev–Trinajstić information content (AvgIpc) is 3.01. The molecular formula is C18H19N3O4S. The van der Waals surface area contributed by atoms with Gasteiger partial charge in [-0.1, -0.05) is 6.07 Å². The van der Waals surface area contributed by atoms with E-state index in [0.29, 0.717) is 30.2 Å². The molecule has 1 amide bonds. The van der Waals surface area contributed by atoms with Crippen molar-refractivity contribution >= 4 is 33.0 Å². The maximum Gasteiger partial charge on any atom is 0.261 e. The van der Waals surface area contributed by atoms with Gasteiger partial charge in [-0.25, -0.2) is 8.42 Å². The molecule has 8 heteroatoms.